The van der Waals surface area contributed by atoms with Crippen LogP contribution in [0.2, 0.25) is 5.02 Å². The molecule has 1 rings (SSSR count). The van der Waals surface area contributed by atoms with Crippen molar-refractivity contribution in [3.8, 4) is 0 Å². The molecule has 1 amide bonds. The molecule has 1 aromatic rings. The molecular formula is C15H20ClNO3. The van der Waals surface area contributed by atoms with Gasteiger partial charge in [-0.25, -0.2) is 0 Å². The second-order valence-corrected chi connectivity index (χ2v) is 5.56. The molecule has 5 heteroatoms. The Labute approximate surface area is 124 Å². The standard InChI is InChI=1S/C15H20ClNO3/c1-11(2)7-9-17(10-8-14(18)19)15(20)12-3-5-13(16)6-4-12/h3-6,11H,7-10H2,1-2H3,(H,18,19). The lowest BCUT2D eigenvalue weighted by Gasteiger charge is -2.23. The maximum Gasteiger partial charge on any atom is 0.305 e. The third-order valence-electron chi connectivity index (χ3n) is 2.95. The normalized spacial score (nSPS) is 10.6. The Morgan fingerprint density at radius 2 is 1.80 bits per heavy atom. The average molecular weight is 298 g/mol. The van der Waals surface area contributed by atoms with E-state index in [-0.39, 0.29) is 18.9 Å². The highest BCUT2D eigenvalue weighted by Gasteiger charge is 2.17. The summed E-state index contributed by atoms with van der Waals surface area (Å²) < 4.78 is 0. The second-order valence-electron chi connectivity index (χ2n) is 5.13. The number of halogens is 1. The van der Waals surface area contributed by atoms with E-state index in [1.165, 1.54) is 0 Å². The highest BCUT2D eigenvalue weighted by atomic mass is 35.5. The van der Waals surface area contributed by atoms with Crippen molar-refractivity contribution >= 4 is 23.5 Å². The van der Waals surface area contributed by atoms with Gasteiger partial charge in [-0.1, -0.05) is 25.4 Å². The summed E-state index contributed by atoms with van der Waals surface area (Å²) in [7, 11) is 0. The van der Waals surface area contributed by atoms with Gasteiger partial charge in [-0.2, -0.15) is 0 Å². The molecule has 110 valence electrons. The van der Waals surface area contributed by atoms with E-state index < -0.39 is 5.97 Å². The predicted octanol–water partition coefficient (Wildman–Crippen LogP) is 3.30. The molecule has 1 aromatic carbocycles. The SMILES string of the molecule is CC(C)CCN(CCC(=O)O)C(=O)c1ccc(Cl)cc1. The highest BCUT2D eigenvalue weighted by molar-refractivity contribution is 6.30. The van der Waals surface area contributed by atoms with Crippen molar-refractivity contribution in [1.82, 2.24) is 4.90 Å². The Morgan fingerprint density at radius 3 is 2.30 bits per heavy atom. The highest BCUT2D eigenvalue weighted by Crippen LogP contribution is 2.13. The van der Waals surface area contributed by atoms with Gasteiger partial charge < -0.3 is 10.0 Å². The fourth-order valence-corrected chi connectivity index (χ4v) is 1.86. The Morgan fingerprint density at radius 1 is 1.20 bits per heavy atom. The number of amides is 1. The van der Waals surface area contributed by atoms with Gasteiger partial charge >= 0.3 is 5.97 Å². The molecule has 0 unspecified atom stereocenters. The first-order chi connectivity index (χ1) is 9.40. The van der Waals surface area contributed by atoms with E-state index in [1.54, 1.807) is 29.2 Å². The summed E-state index contributed by atoms with van der Waals surface area (Å²) in [6.45, 7) is 4.93. The van der Waals surface area contributed by atoms with Crippen LogP contribution in [0.4, 0.5) is 0 Å². The molecule has 0 aliphatic carbocycles. The molecule has 0 aliphatic rings. The minimum atomic E-state index is -0.900. The first-order valence-electron chi connectivity index (χ1n) is 6.66. The molecule has 0 heterocycles. The van der Waals surface area contributed by atoms with Crippen LogP contribution in [0.15, 0.2) is 24.3 Å². The van der Waals surface area contributed by atoms with Gasteiger partial charge in [0.15, 0.2) is 0 Å². The van der Waals surface area contributed by atoms with Crippen LogP contribution in [0.5, 0.6) is 0 Å². The topological polar surface area (TPSA) is 57.6 Å². The van der Waals surface area contributed by atoms with Crippen LogP contribution < -0.4 is 0 Å². The van der Waals surface area contributed by atoms with Gasteiger partial charge in [0.1, 0.15) is 0 Å². The van der Waals surface area contributed by atoms with Crippen molar-refractivity contribution in [2.45, 2.75) is 26.7 Å². The largest absolute Gasteiger partial charge is 0.481 e. The fourth-order valence-electron chi connectivity index (χ4n) is 1.73. The Balaban J connectivity index is 2.76. The number of carbonyl (C=O) groups excluding carboxylic acids is 1. The Kier molecular flexibility index (Phi) is 6.52. The van der Waals surface area contributed by atoms with Gasteiger partial charge in [-0.15, -0.1) is 0 Å². The lowest BCUT2D eigenvalue weighted by Crippen LogP contribution is -2.34. The average Bonchev–Trinajstić information content (AvgIpc) is 2.38. The van der Waals surface area contributed by atoms with Crippen molar-refractivity contribution in [2.24, 2.45) is 5.92 Å². The van der Waals surface area contributed by atoms with Gasteiger partial charge in [0.25, 0.3) is 5.91 Å². The van der Waals surface area contributed by atoms with Crippen molar-refractivity contribution in [1.29, 1.82) is 0 Å². The molecule has 0 spiro atoms. The quantitative estimate of drug-likeness (QED) is 0.840. The maximum atomic E-state index is 12.4. The third kappa shape index (κ3) is 5.61. The first kappa shape index (κ1) is 16.5. The van der Waals surface area contributed by atoms with Crippen molar-refractivity contribution < 1.29 is 14.7 Å². The smallest absolute Gasteiger partial charge is 0.305 e. The molecule has 0 saturated carbocycles. The minimum absolute atomic E-state index is 0.0442. The van der Waals surface area contributed by atoms with E-state index >= 15 is 0 Å². The predicted molar refractivity (Wildman–Crippen MR) is 79.1 cm³/mol. The van der Waals surface area contributed by atoms with Crippen LogP contribution in [0.1, 0.15) is 37.0 Å². The molecule has 20 heavy (non-hydrogen) atoms. The van der Waals surface area contributed by atoms with Crippen molar-refractivity contribution in [3.63, 3.8) is 0 Å². The number of rotatable bonds is 7. The maximum absolute atomic E-state index is 12.4. The zero-order chi connectivity index (χ0) is 15.1. The van der Waals surface area contributed by atoms with Gasteiger partial charge in [0.05, 0.1) is 6.42 Å². The summed E-state index contributed by atoms with van der Waals surface area (Å²) >= 11 is 5.80. The van der Waals surface area contributed by atoms with Crippen LogP contribution in [0, 0.1) is 5.92 Å². The number of hydrogen-bond donors (Lipinski definition) is 1. The summed E-state index contributed by atoms with van der Waals surface area (Å²) in [5.41, 5.74) is 0.531. The lowest BCUT2D eigenvalue weighted by molar-refractivity contribution is -0.137. The third-order valence-corrected chi connectivity index (χ3v) is 3.20. The fraction of sp³-hybridized carbons (Fsp3) is 0.467. The molecule has 4 nitrogen and oxygen atoms in total. The van der Waals surface area contributed by atoms with E-state index in [2.05, 4.69) is 13.8 Å². The Bertz CT molecular complexity index is 457. The molecule has 0 radical (unpaired) electrons. The van der Waals surface area contributed by atoms with Crippen LogP contribution in [0.3, 0.4) is 0 Å². The van der Waals surface area contributed by atoms with Crippen molar-refractivity contribution in [2.75, 3.05) is 13.1 Å². The molecule has 0 aromatic heterocycles. The van der Waals surface area contributed by atoms with E-state index in [1.807, 2.05) is 0 Å². The van der Waals surface area contributed by atoms with E-state index in [0.717, 1.165) is 6.42 Å². The summed E-state index contributed by atoms with van der Waals surface area (Å²) in [5, 5.41) is 9.34. The van der Waals surface area contributed by atoms with Gasteiger partial charge in [-0.3, -0.25) is 9.59 Å². The number of benzene rings is 1. The zero-order valence-corrected chi connectivity index (χ0v) is 12.6. The molecule has 0 fully saturated rings. The summed E-state index contributed by atoms with van der Waals surface area (Å²) in [5.74, 6) is -0.590. The van der Waals surface area contributed by atoms with E-state index in [0.29, 0.717) is 23.0 Å². The first-order valence-corrected chi connectivity index (χ1v) is 7.04. The summed E-state index contributed by atoms with van der Waals surface area (Å²) in [6, 6.07) is 6.64. The van der Waals surface area contributed by atoms with E-state index in [4.69, 9.17) is 16.7 Å². The number of hydrogen-bond acceptors (Lipinski definition) is 2. The molecule has 1 N–H and O–H groups in total. The minimum Gasteiger partial charge on any atom is -0.481 e. The van der Waals surface area contributed by atoms with Crippen LogP contribution in [-0.2, 0) is 4.79 Å². The molecule has 0 aliphatic heterocycles. The molecule has 0 atom stereocenters. The number of carbonyl (C=O) groups is 2. The lowest BCUT2D eigenvalue weighted by atomic mass is 10.1. The summed E-state index contributed by atoms with van der Waals surface area (Å²) in [6.07, 6.45) is 0.802. The van der Waals surface area contributed by atoms with Crippen LogP contribution >= 0.6 is 11.6 Å². The number of aliphatic carboxylic acids is 1. The number of nitrogens with zero attached hydrogens (tertiary/aromatic N) is 1. The van der Waals surface area contributed by atoms with E-state index in [9.17, 15) is 9.59 Å². The number of carboxylic acids is 1. The molecular weight excluding hydrogens is 278 g/mol. The molecule has 0 saturated heterocycles. The monoisotopic (exact) mass is 297 g/mol. The number of carboxylic acid groups (broad SMARTS) is 1. The van der Waals surface area contributed by atoms with Gasteiger partial charge in [0.2, 0.25) is 0 Å². The zero-order valence-electron chi connectivity index (χ0n) is 11.8. The van der Waals surface area contributed by atoms with Crippen LogP contribution in [-0.4, -0.2) is 35.0 Å². The Hall–Kier alpha value is -1.55. The second kappa shape index (κ2) is 7.90. The van der Waals surface area contributed by atoms with Crippen LogP contribution in [0.25, 0.3) is 0 Å². The summed E-state index contributed by atoms with van der Waals surface area (Å²) in [4.78, 5) is 24.7. The van der Waals surface area contributed by atoms with Gasteiger partial charge in [-0.05, 0) is 36.6 Å². The van der Waals surface area contributed by atoms with Crippen molar-refractivity contribution in [3.05, 3.63) is 34.9 Å². The van der Waals surface area contributed by atoms with Gasteiger partial charge in [0, 0.05) is 23.7 Å². The molecule has 0 bridgehead atoms.